The number of nitriles is 1. The van der Waals surface area contributed by atoms with Crippen molar-refractivity contribution < 1.29 is 0 Å². The highest BCUT2D eigenvalue weighted by Crippen LogP contribution is 2.52. The summed E-state index contributed by atoms with van der Waals surface area (Å²) in [7, 11) is 0. The van der Waals surface area contributed by atoms with Gasteiger partial charge < -0.3 is 17.9 Å². The number of para-hydroxylation sites is 2. The van der Waals surface area contributed by atoms with E-state index in [4.69, 9.17) is 0 Å². The minimum absolute atomic E-state index is 0.511. The van der Waals surface area contributed by atoms with E-state index in [2.05, 4.69) is 382 Å². The van der Waals surface area contributed by atoms with Gasteiger partial charge in [0, 0.05) is 48.7 Å². The number of benzene rings is 16. The lowest BCUT2D eigenvalue weighted by Gasteiger charge is -2.25. The molecule has 0 saturated carbocycles. The number of hydrogen-bond donors (Lipinski definition) is 0. The molecule has 5 nitrogen and oxygen atoms in total. The van der Waals surface area contributed by atoms with Gasteiger partial charge in [-0.25, -0.2) is 0 Å². The summed E-state index contributed by atoms with van der Waals surface area (Å²) in [4.78, 5) is 0. The molecule has 16 aromatic carbocycles. The van der Waals surface area contributed by atoms with Gasteiger partial charge in [-0.1, -0.05) is 273 Å². The number of aromatic nitrogens is 4. The molecule has 0 N–H and O–H groups in total. The third kappa shape index (κ3) is 8.57. The van der Waals surface area contributed by atoms with E-state index in [0.717, 1.165) is 198 Å². The Kier molecular flexibility index (Phi) is 12.7. The first kappa shape index (κ1) is 57.3. The van der Waals surface area contributed by atoms with E-state index in [1.807, 2.05) is 0 Å². The van der Waals surface area contributed by atoms with Gasteiger partial charge in [0.1, 0.15) is 11.6 Å². The lowest BCUT2D eigenvalue weighted by Crippen LogP contribution is -2.11. The molecular formula is C97H59N5. The maximum absolute atomic E-state index is 13.7. The van der Waals surface area contributed by atoms with Gasteiger partial charge in [-0.05, 0) is 168 Å². The molecule has 0 atom stereocenters. The van der Waals surface area contributed by atoms with Gasteiger partial charge in [-0.15, -0.1) is 0 Å². The first-order valence-electron chi connectivity index (χ1n) is 34.9. The Bertz CT molecular complexity index is 6910. The third-order valence-electron chi connectivity index (χ3n) is 21.5. The molecule has 5 heteroatoms. The highest BCUT2D eigenvalue weighted by molar-refractivity contribution is 6.24. The van der Waals surface area contributed by atoms with Crippen LogP contribution in [0.3, 0.4) is 0 Å². The van der Waals surface area contributed by atoms with Crippen LogP contribution in [0.1, 0.15) is 5.56 Å². The van der Waals surface area contributed by atoms with E-state index in [1.165, 1.54) is 0 Å². The van der Waals surface area contributed by atoms with Crippen LogP contribution >= 0.6 is 0 Å². The second kappa shape index (κ2) is 22.6. The highest BCUT2D eigenvalue weighted by Gasteiger charge is 2.33. The van der Waals surface area contributed by atoms with Gasteiger partial charge in [-0.2, -0.15) is 5.26 Å². The summed E-state index contributed by atoms with van der Waals surface area (Å²) >= 11 is 0. The molecule has 0 aliphatic heterocycles. The maximum Gasteiger partial charge on any atom is 0.104 e. The number of nitrogens with zero attached hydrogens (tertiary/aromatic N) is 5. The van der Waals surface area contributed by atoms with E-state index >= 15 is 0 Å². The lowest BCUT2D eigenvalue weighted by molar-refractivity contribution is 1.09. The number of hydrogen-bond acceptors (Lipinski definition) is 1. The standard InChI is InChI=1S/C97H59N5/c98-60-84-94(99-87-48-44-68(61-26-8-1-9-27-61)52-78(87)79-53-69(45-49-88(79)99)62-28-10-2-11-29-62)96(100-85-42-24-22-40-72(85)73-41-23-25-43-86(73)100)93(67-38-20-7-21-39-67)97-95(84)101-89-50-46-70(63-30-12-3-13-31-63)54-80(89)82-56-74(65-34-16-5-17-35-65)76(58-91(82)101)77-59-92-83(57-75(77)66-36-18-6-19-37-66)81-55-71(47-51-90(81)102(92)97)64-32-14-4-15-33-64/h1-59H. The van der Waals surface area contributed by atoms with Gasteiger partial charge in [0.15, 0.2) is 0 Å². The van der Waals surface area contributed by atoms with E-state index in [0.29, 0.717) is 5.56 Å². The predicted octanol–water partition coefficient (Wildman–Crippen LogP) is 25.7. The SMILES string of the molecule is N#Cc1c(-n2c3ccc(-c4ccccc4)cc3c3cc(-c4ccccc4)ccc32)c(-n2c3ccccc3c3ccccc32)c(-c2ccccc2)c2c1n1c3ccc(-c4ccccc4)cc3c3cc(-c4ccccc4)c(cc31)c1cc3c(cc1-c1ccccc1)c1cc(-c4ccccc4)ccc1n32. The zero-order chi connectivity index (χ0) is 67.1. The van der Waals surface area contributed by atoms with Crippen LogP contribution in [0.4, 0.5) is 0 Å². The zero-order valence-electron chi connectivity index (χ0n) is 55.3. The van der Waals surface area contributed by atoms with Crippen LogP contribution in [-0.4, -0.2) is 17.9 Å². The van der Waals surface area contributed by atoms with Crippen molar-refractivity contribution in [3.63, 3.8) is 0 Å². The van der Waals surface area contributed by atoms with Crippen molar-refractivity contribution in [3.8, 4) is 95.3 Å². The van der Waals surface area contributed by atoms with Crippen molar-refractivity contribution in [3.05, 3.63) is 363 Å². The van der Waals surface area contributed by atoms with Crippen molar-refractivity contribution in [2.45, 2.75) is 0 Å². The first-order chi connectivity index (χ1) is 50.6. The molecule has 0 amide bonds. The molecule has 102 heavy (non-hydrogen) atoms. The Morgan fingerprint density at radius 2 is 0.490 bits per heavy atom. The number of fused-ring (bicyclic) bond motifs is 18. The minimum atomic E-state index is 0.511. The fourth-order valence-corrected chi connectivity index (χ4v) is 17.0. The Hall–Kier alpha value is -13.8. The second-order valence-corrected chi connectivity index (χ2v) is 27.0. The quantitative estimate of drug-likeness (QED) is 0.142. The maximum atomic E-state index is 13.7. The van der Waals surface area contributed by atoms with E-state index in [1.54, 1.807) is 0 Å². The molecule has 0 aliphatic rings. The van der Waals surface area contributed by atoms with Crippen LogP contribution in [0.15, 0.2) is 358 Å². The van der Waals surface area contributed by atoms with Crippen molar-refractivity contribution in [1.29, 1.82) is 5.26 Å². The molecule has 0 aliphatic carbocycles. The molecular weight excluding hydrogens is 1240 g/mol. The smallest absolute Gasteiger partial charge is 0.104 e. The van der Waals surface area contributed by atoms with Crippen molar-refractivity contribution >= 4 is 109 Å². The van der Waals surface area contributed by atoms with Crippen LogP contribution in [0.25, 0.3) is 198 Å². The molecule has 5 aromatic heterocycles. The topological polar surface area (TPSA) is 42.5 Å². The molecule has 21 aromatic rings. The fraction of sp³-hybridized carbons (Fsp3) is 0. The van der Waals surface area contributed by atoms with Crippen LogP contribution in [0.5, 0.6) is 0 Å². The third-order valence-corrected chi connectivity index (χ3v) is 21.5. The average Bonchev–Trinajstić information content (AvgIpc) is 1.47. The van der Waals surface area contributed by atoms with Gasteiger partial charge in [0.25, 0.3) is 0 Å². The van der Waals surface area contributed by atoms with E-state index in [9.17, 15) is 5.26 Å². The lowest BCUT2D eigenvalue weighted by atomic mass is 9.91. The summed E-state index contributed by atoms with van der Waals surface area (Å²) in [5.74, 6) is 0. The van der Waals surface area contributed by atoms with Gasteiger partial charge >= 0.3 is 0 Å². The largest absolute Gasteiger partial charge is 0.306 e. The van der Waals surface area contributed by atoms with Crippen molar-refractivity contribution in [1.82, 2.24) is 17.9 Å². The van der Waals surface area contributed by atoms with Crippen LogP contribution in [0.2, 0.25) is 0 Å². The molecule has 21 rings (SSSR count). The van der Waals surface area contributed by atoms with Crippen molar-refractivity contribution in [2.24, 2.45) is 0 Å². The van der Waals surface area contributed by atoms with Gasteiger partial charge in [0.2, 0.25) is 0 Å². The Labute approximate surface area is 587 Å². The molecule has 0 spiro atoms. The summed E-state index contributed by atoms with van der Waals surface area (Å²) in [6, 6.07) is 135. The molecule has 472 valence electrons. The first-order valence-corrected chi connectivity index (χ1v) is 34.9. The summed E-state index contributed by atoms with van der Waals surface area (Å²) in [6.07, 6.45) is 0. The zero-order valence-corrected chi connectivity index (χ0v) is 55.3. The van der Waals surface area contributed by atoms with Gasteiger partial charge in [0.05, 0.1) is 66.5 Å². The summed E-state index contributed by atoms with van der Waals surface area (Å²) in [6.45, 7) is 0. The monoisotopic (exact) mass is 1290 g/mol. The highest BCUT2D eigenvalue weighted by atomic mass is 15.1. The molecule has 0 unspecified atom stereocenters. The van der Waals surface area contributed by atoms with Gasteiger partial charge in [-0.3, -0.25) is 0 Å². The molecule has 5 heterocycles. The fourth-order valence-electron chi connectivity index (χ4n) is 17.0. The summed E-state index contributed by atoms with van der Waals surface area (Å²) in [5.41, 5.74) is 27.1. The van der Waals surface area contributed by atoms with Crippen LogP contribution in [-0.2, 0) is 0 Å². The average molecular weight is 1290 g/mol. The summed E-state index contributed by atoms with van der Waals surface area (Å²) < 4.78 is 10.0. The minimum Gasteiger partial charge on any atom is -0.306 e. The molecule has 0 saturated heterocycles. The normalized spacial score (nSPS) is 11.9. The predicted molar refractivity (Wildman–Crippen MR) is 427 cm³/mol. The Morgan fingerprint density at radius 3 is 0.873 bits per heavy atom. The number of rotatable bonds is 9. The second-order valence-electron chi connectivity index (χ2n) is 27.0. The van der Waals surface area contributed by atoms with Crippen molar-refractivity contribution in [2.75, 3.05) is 0 Å². The van der Waals surface area contributed by atoms with Crippen LogP contribution in [0, 0.1) is 11.3 Å². The van der Waals surface area contributed by atoms with E-state index in [-0.39, 0.29) is 0 Å². The Balaban J connectivity index is 1.09. The summed E-state index contributed by atoms with van der Waals surface area (Å²) in [5, 5.41) is 24.5. The van der Waals surface area contributed by atoms with E-state index < -0.39 is 0 Å². The molecule has 0 fully saturated rings. The molecule has 0 radical (unpaired) electrons. The Morgan fingerprint density at radius 1 is 0.196 bits per heavy atom. The molecule has 4 bridgehead atoms. The van der Waals surface area contributed by atoms with Crippen LogP contribution < -0.4 is 0 Å².